The van der Waals surface area contributed by atoms with Crippen molar-refractivity contribution in [2.24, 2.45) is 5.16 Å². The first-order valence-electron chi connectivity index (χ1n) is 5.83. The maximum atomic E-state index is 10.6. The van der Waals surface area contributed by atoms with Gasteiger partial charge in [0.05, 0.1) is 6.21 Å². The van der Waals surface area contributed by atoms with Gasteiger partial charge in [-0.1, -0.05) is 5.16 Å². The molecule has 1 saturated heterocycles. The summed E-state index contributed by atoms with van der Waals surface area (Å²) < 4.78 is 0. The fourth-order valence-electron chi connectivity index (χ4n) is 1.98. The Labute approximate surface area is 106 Å². The summed E-state index contributed by atoms with van der Waals surface area (Å²) in [7, 11) is 0. The highest BCUT2D eigenvalue weighted by Gasteiger charge is 2.16. The van der Waals surface area contributed by atoms with E-state index in [-0.39, 0.29) is 0 Å². The zero-order chi connectivity index (χ0) is 13.0. The Balaban J connectivity index is 2.10. The third-order valence-electron chi connectivity index (χ3n) is 3.12. The van der Waals surface area contributed by atoms with Crippen LogP contribution in [0.2, 0.25) is 0 Å². The van der Waals surface area contributed by atoms with Gasteiger partial charge in [-0.2, -0.15) is 0 Å². The van der Waals surface area contributed by atoms with Crippen molar-refractivity contribution in [2.45, 2.75) is 6.92 Å². The average Bonchev–Trinajstić information content (AvgIpc) is 2.41. The van der Waals surface area contributed by atoms with Gasteiger partial charge in [0.25, 0.3) is 0 Å². The molecule has 0 aromatic carbocycles. The van der Waals surface area contributed by atoms with Gasteiger partial charge in [-0.15, -0.1) is 0 Å². The number of rotatable bonds is 3. The summed E-state index contributed by atoms with van der Waals surface area (Å²) in [6.45, 7) is 4.98. The van der Waals surface area contributed by atoms with Crippen LogP contribution in [-0.4, -0.2) is 53.9 Å². The smallest absolute Gasteiger partial charge is 0.209 e. The van der Waals surface area contributed by atoms with E-state index in [9.17, 15) is 4.79 Å². The van der Waals surface area contributed by atoms with Gasteiger partial charge < -0.3 is 15.0 Å². The number of hydrogen-bond donors (Lipinski definition) is 1. The van der Waals surface area contributed by atoms with Crippen LogP contribution in [0.15, 0.2) is 17.4 Å². The molecular formula is C12H16N4O2. The van der Waals surface area contributed by atoms with E-state index in [4.69, 9.17) is 5.21 Å². The van der Waals surface area contributed by atoms with E-state index in [0.717, 1.165) is 49.5 Å². The normalized spacial score (nSPS) is 16.3. The quantitative estimate of drug-likeness (QED) is 0.365. The summed E-state index contributed by atoms with van der Waals surface area (Å²) in [5.41, 5.74) is 1.81. The maximum absolute atomic E-state index is 10.6. The second kappa shape index (κ2) is 5.48. The molecule has 0 atom stereocenters. The first kappa shape index (κ1) is 12.3. The van der Waals surface area contributed by atoms with Crippen LogP contribution in [-0.2, 0) is 4.79 Å². The molecule has 1 amide bonds. The van der Waals surface area contributed by atoms with Crippen molar-refractivity contribution < 1.29 is 10.0 Å². The largest absolute Gasteiger partial charge is 0.411 e. The van der Waals surface area contributed by atoms with Gasteiger partial charge >= 0.3 is 0 Å². The number of aromatic nitrogens is 1. The Kier molecular flexibility index (Phi) is 3.76. The Morgan fingerprint density at radius 2 is 2.11 bits per heavy atom. The zero-order valence-corrected chi connectivity index (χ0v) is 10.3. The van der Waals surface area contributed by atoms with Crippen molar-refractivity contribution in [3.8, 4) is 0 Å². The molecule has 0 aliphatic carbocycles. The molecule has 1 aliphatic rings. The van der Waals surface area contributed by atoms with E-state index in [1.807, 2.05) is 13.0 Å². The van der Waals surface area contributed by atoms with E-state index in [1.54, 1.807) is 11.1 Å². The minimum atomic E-state index is 0.726. The summed E-state index contributed by atoms with van der Waals surface area (Å²) >= 11 is 0. The molecule has 1 fully saturated rings. The fraction of sp³-hybridized carbons (Fsp3) is 0.417. The minimum Gasteiger partial charge on any atom is -0.411 e. The fourth-order valence-corrected chi connectivity index (χ4v) is 1.98. The first-order valence-corrected chi connectivity index (χ1v) is 5.83. The molecule has 1 N–H and O–H groups in total. The number of nitrogens with zero attached hydrogens (tertiary/aromatic N) is 4. The van der Waals surface area contributed by atoms with Crippen molar-refractivity contribution in [2.75, 3.05) is 31.1 Å². The molecular weight excluding hydrogens is 232 g/mol. The van der Waals surface area contributed by atoms with Gasteiger partial charge in [0.2, 0.25) is 6.41 Å². The van der Waals surface area contributed by atoms with E-state index < -0.39 is 0 Å². The molecule has 0 unspecified atom stereocenters. The summed E-state index contributed by atoms with van der Waals surface area (Å²) in [5.74, 6) is 0.896. The average molecular weight is 248 g/mol. The van der Waals surface area contributed by atoms with E-state index in [2.05, 4.69) is 15.0 Å². The number of anilines is 1. The van der Waals surface area contributed by atoms with Crippen molar-refractivity contribution in [3.63, 3.8) is 0 Å². The predicted molar refractivity (Wildman–Crippen MR) is 68.2 cm³/mol. The Bertz CT molecular complexity index is 453. The standard InChI is InChI=1S/C12H16N4O2/c1-10-6-12(13-7-11(10)8-14-18)16-4-2-15(9-17)3-5-16/h6-9,18H,2-5H2,1H3/b14-8+. The van der Waals surface area contributed by atoms with Crippen molar-refractivity contribution >= 4 is 18.4 Å². The predicted octanol–water partition coefficient (Wildman–Crippen LogP) is 0.477. The number of pyridine rings is 1. The molecule has 0 bridgehead atoms. The summed E-state index contributed by atoms with van der Waals surface area (Å²) in [6.07, 6.45) is 3.95. The van der Waals surface area contributed by atoms with Gasteiger partial charge in [0.1, 0.15) is 5.82 Å². The summed E-state index contributed by atoms with van der Waals surface area (Å²) in [4.78, 5) is 18.9. The second-order valence-electron chi connectivity index (χ2n) is 4.27. The minimum absolute atomic E-state index is 0.726. The zero-order valence-electron chi connectivity index (χ0n) is 10.3. The number of piperazine rings is 1. The van der Waals surface area contributed by atoms with Crippen molar-refractivity contribution in [3.05, 3.63) is 23.4 Å². The molecule has 0 spiro atoms. The second-order valence-corrected chi connectivity index (χ2v) is 4.27. The topological polar surface area (TPSA) is 69.0 Å². The van der Waals surface area contributed by atoms with Gasteiger partial charge in [-0.3, -0.25) is 4.79 Å². The molecule has 18 heavy (non-hydrogen) atoms. The first-order chi connectivity index (χ1) is 8.74. The molecule has 2 heterocycles. The number of hydrogen-bond acceptors (Lipinski definition) is 5. The lowest BCUT2D eigenvalue weighted by molar-refractivity contribution is -0.118. The summed E-state index contributed by atoms with van der Waals surface area (Å²) in [6, 6.07) is 1.97. The lowest BCUT2D eigenvalue weighted by Gasteiger charge is -2.33. The summed E-state index contributed by atoms with van der Waals surface area (Å²) in [5, 5.41) is 11.5. The number of carbonyl (C=O) groups is 1. The van der Waals surface area contributed by atoms with Gasteiger partial charge in [0, 0.05) is 37.9 Å². The lowest BCUT2D eigenvalue weighted by Crippen LogP contribution is -2.46. The van der Waals surface area contributed by atoms with Crippen LogP contribution < -0.4 is 4.90 Å². The molecule has 1 aromatic rings. The Morgan fingerprint density at radius 1 is 1.39 bits per heavy atom. The van der Waals surface area contributed by atoms with Crippen LogP contribution in [0.25, 0.3) is 0 Å². The number of carbonyl (C=O) groups excluding carboxylic acids is 1. The molecule has 0 radical (unpaired) electrons. The molecule has 96 valence electrons. The molecule has 6 heteroatoms. The van der Waals surface area contributed by atoms with Gasteiger partial charge in [-0.05, 0) is 18.6 Å². The number of aryl methyl sites for hydroxylation is 1. The highest BCUT2D eigenvalue weighted by Crippen LogP contribution is 2.16. The molecule has 6 nitrogen and oxygen atoms in total. The third kappa shape index (κ3) is 2.58. The van der Waals surface area contributed by atoms with Crippen LogP contribution in [0.3, 0.4) is 0 Å². The number of oxime groups is 1. The van der Waals surface area contributed by atoms with Crippen LogP contribution in [0.1, 0.15) is 11.1 Å². The van der Waals surface area contributed by atoms with Crippen molar-refractivity contribution in [1.29, 1.82) is 0 Å². The SMILES string of the molecule is Cc1cc(N2CCN(C=O)CC2)ncc1/C=N/O. The molecule has 1 aliphatic heterocycles. The Morgan fingerprint density at radius 3 is 2.67 bits per heavy atom. The Hall–Kier alpha value is -2.11. The van der Waals surface area contributed by atoms with Crippen LogP contribution in [0.4, 0.5) is 5.82 Å². The van der Waals surface area contributed by atoms with Gasteiger partial charge in [0.15, 0.2) is 0 Å². The van der Waals surface area contributed by atoms with E-state index in [0.29, 0.717) is 0 Å². The molecule has 1 aromatic heterocycles. The highest BCUT2D eigenvalue weighted by molar-refractivity contribution is 5.81. The third-order valence-corrected chi connectivity index (χ3v) is 3.12. The van der Waals surface area contributed by atoms with Gasteiger partial charge in [-0.25, -0.2) is 4.98 Å². The lowest BCUT2D eigenvalue weighted by atomic mass is 10.1. The van der Waals surface area contributed by atoms with Crippen LogP contribution >= 0.6 is 0 Å². The number of amides is 1. The molecule has 2 rings (SSSR count). The van der Waals surface area contributed by atoms with Crippen LogP contribution in [0, 0.1) is 6.92 Å². The van der Waals surface area contributed by atoms with E-state index in [1.165, 1.54) is 6.21 Å². The van der Waals surface area contributed by atoms with E-state index >= 15 is 0 Å². The van der Waals surface area contributed by atoms with Crippen LogP contribution in [0.5, 0.6) is 0 Å². The maximum Gasteiger partial charge on any atom is 0.209 e. The molecule has 0 saturated carbocycles. The highest BCUT2D eigenvalue weighted by atomic mass is 16.4. The monoisotopic (exact) mass is 248 g/mol. The van der Waals surface area contributed by atoms with Crippen molar-refractivity contribution in [1.82, 2.24) is 9.88 Å².